The predicted octanol–water partition coefficient (Wildman–Crippen LogP) is 4.08. The van der Waals surface area contributed by atoms with Crippen molar-refractivity contribution in [1.82, 2.24) is 0 Å². The molecule has 0 fully saturated rings. The average molecular weight is 461 g/mol. The largest absolute Gasteiger partial charge is 0.280 e. The Balaban J connectivity index is 1.69. The molecule has 0 unspecified atom stereocenters. The summed E-state index contributed by atoms with van der Waals surface area (Å²) < 4.78 is 68.9. The summed E-state index contributed by atoms with van der Waals surface area (Å²) in [4.78, 5) is 0.0963. The molecule has 31 heavy (non-hydrogen) atoms. The van der Waals surface area contributed by atoms with E-state index >= 15 is 0 Å². The van der Waals surface area contributed by atoms with Crippen LogP contribution in [0.3, 0.4) is 0 Å². The first kappa shape index (κ1) is 21.3. The summed E-state index contributed by atoms with van der Waals surface area (Å²) in [6, 6.07) is 16.0. The van der Waals surface area contributed by atoms with E-state index in [9.17, 15) is 21.2 Å². The Hall–Kier alpha value is -2.91. The maximum absolute atomic E-state index is 13.3. The predicted molar refractivity (Wildman–Crippen MR) is 118 cm³/mol. The molecule has 0 amide bonds. The van der Waals surface area contributed by atoms with Gasteiger partial charge >= 0.3 is 0 Å². The SMILES string of the molecule is Cc1ccc(S(=O)(=O)Nc2ccc3c(c2)N(S(=O)(=O)c2ccc(F)cc2)CCC3)cc1. The van der Waals surface area contributed by atoms with Crippen molar-refractivity contribution >= 4 is 31.4 Å². The molecule has 9 heteroatoms. The minimum Gasteiger partial charge on any atom is -0.280 e. The summed E-state index contributed by atoms with van der Waals surface area (Å²) in [6.07, 6.45) is 1.30. The zero-order valence-corrected chi connectivity index (χ0v) is 18.4. The highest BCUT2D eigenvalue weighted by atomic mass is 32.2. The molecule has 0 saturated heterocycles. The molecule has 3 aromatic carbocycles. The molecule has 1 N–H and O–H groups in total. The van der Waals surface area contributed by atoms with E-state index in [4.69, 9.17) is 0 Å². The molecule has 1 aliphatic heterocycles. The first-order valence-corrected chi connectivity index (χ1v) is 12.6. The number of fused-ring (bicyclic) bond motifs is 1. The number of hydrogen-bond acceptors (Lipinski definition) is 4. The zero-order chi connectivity index (χ0) is 22.2. The molecular weight excluding hydrogens is 439 g/mol. The minimum atomic E-state index is -3.92. The summed E-state index contributed by atoms with van der Waals surface area (Å²) in [5.41, 5.74) is 2.42. The monoisotopic (exact) mass is 460 g/mol. The lowest BCUT2D eigenvalue weighted by Crippen LogP contribution is -2.35. The summed E-state index contributed by atoms with van der Waals surface area (Å²) >= 11 is 0. The normalized spacial score (nSPS) is 14.2. The van der Waals surface area contributed by atoms with Gasteiger partial charge in [-0.2, -0.15) is 0 Å². The Morgan fingerprint density at radius 2 is 1.52 bits per heavy atom. The Kier molecular flexibility index (Phi) is 5.49. The molecule has 0 atom stereocenters. The zero-order valence-electron chi connectivity index (χ0n) is 16.7. The number of benzene rings is 3. The van der Waals surface area contributed by atoms with Crippen molar-refractivity contribution in [2.24, 2.45) is 0 Å². The summed E-state index contributed by atoms with van der Waals surface area (Å²) in [5.74, 6) is -0.522. The third-order valence-corrected chi connectivity index (χ3v) is 8.37. The molecule has 4 rings (SSSR count). The Labute approximate surface area is 181 Å². The van der Waals surface area contributed by atoms with Gasteiger partial charge in [0.05, 0.1) is 21.2 Å². The second-order valence-electron chi connectivity index (χ2n) is 7.40. The fourth-order valence-corrected chi connectivity index (χ4v) is 6.10. The van der Waals surface area contributed by atoms with E-state index in [-0.39, 0.29) is 22.0 Å². The van der Waals surface area contributed by atoms with Crippen LogP contribution in [0.4, 0.5) is 15.8 Å². The third-order valence-electron chi connectivity index (χ3n) is 5.15. The number of aryl methyl sites for hydroxylation is 2. The van der Waals surface area contributed by atoms with Crippen LogP contribution >= 0.6 is 0 Å². The van der Waals surface area contributed by atoms with E-state index < -0.39 is 25.9 Å². The van der Waals surface area contributed by atoms with Crippen LogP contribution in [0.5, 0.6) is 0 Å². The van der Waals surface area contributed by atoms with Crippen LogP contribution in [0.1, 0.15) is 17.5 Å². The Bertz CT molecular complexity index is 1320. The summed E-state index contributed by atoms with van der Waals surface area (Å²) in [6.45, 7) is 2.12. The third kappa shape index (κ3) is 4.28. The van der Waals surface area contributed by atoms with Crippen LogP contribution in [0.15, 0.2) is 76.5 Å². The molecule has 3 aromatic rings. The van der Waals surface area contributed by atoms with Gasteiger partial charge in [-0.3, -0.25) is 9.03 Å². The molecule has 0 saturated carbocycles. The fourth-order valence-electron chi connectivity index (χ4n) is 3.52. The lowest BCUT2D eigenvalue weighted by Gasteiger charge is -2.31. The topological polar surface area (TPSA) is 83.6 Å². The van der Waals surface area contributed by atoms with Crippen molar-refractivity contribution in [3.63, 3.8) is 0 Å². The maximum Gasteiger partial charge on any atom is 0.264 e. The van der Waals surface area contributed by atoms with Gasteiger partial charge in [-0.15, -0.1) is 0 Å². The first-order valence-electron chi connectivity index (χ1n) is 9.67. The van der Waals surface area contributed by atoms with Crippen molar-refractivity contribution in [1.29, 1.82) is 0 Å². The van der Waals surface area contributed by atoms with Crippen LogP contribution in [0.25, 0.3) is 0 Å². The molecule has 1 aliphatic rings. The fraction of sp³-hybridized carbons (Fsp3) is 0.182. The van der Waals surface area contributed by atoms with Crippen molar-refractivity contribution in [2.75, 3.05) is 15.6 Å². The van der Waals surface area contributed by atoms with Crippen LogP contribution in [-0.4, -0.2) is 23.4 Å². The number of nitrogens with one attached hydrogen (secondary N) is 1. The van der Waals surface area contributed by atoms with Gasteiger partial charge in [0.1, 0.15) is 5.82 Å². The summed E-state index contributed by atoms with van der Waals surface area (Å²) in [7, 11) is -7.75. The van der Waals surface area contributed by atoms with Gasteiger partial charge in [0.2, 0.25) is 0 Å². The van der Waals surface area contributed by atoms with Crippen LogP contribution in [0, 0.1) is 12.7 Å². The van der Waals surface area contributed by atoms with E-state index in [1.165, 1.54) is 34.6 Å². The standard InChI is InChI=1S/C22H21FN2O4S2/c1-16-4-10-20(11-5-16)30(26,27)24-19-9-6-17-3-2-14-25(22(17)15-19)31(28,29)21-12-7-18(23)8-13-21/h4-13,15,24H,2-3,14H2,1H3. The first-order chi connectivity index (χ1) is 14.7. The average Bonchev–Trinajstić information content (AvgIpc) is 2.73. The Morgan fingerprint density at radius 3 is 2.19 bits per heavy atom. The van der Waals surface area contributed by atoms with Crippen molar-refractivity contribution in [2.45, 2.75) is 29.6 Å². The van der Waals surface area contributed by atoms with Crippen molar-refractivity contribution < 1.29 is 21.2 Å². The molecular formula is C22H21FN2O4S2. The highest BCUT2D eigenvalue weighted by Gasteiger charge is 2.29. The van der Waals surface area contributed by atoms with Crippen LogP contribution in [0.2, 0.25) is 0 Å². The second kappa shape index (κ2) is 7.97. The molecule has 0 bridgehead atoms. The molecule has 162 valence electrons. The number of hydrogen-bond donors (Lipinski definition) is 1. The van der Waals surface area contributed by atoms with E-state index in [2.05, 4.69) is 4.72 Å². The number of rotatable bonds is 5. The van der Waals surface area contributed by atoms with Crippen molar-refractivity contribution in [3.05, 3.63) is 83.7 Å². The Morgan fingerprint density at radius 1 is 0.871 bits per heavy atom. The lowest BCUT2D eigenvalue weighted by molar-refractivity contribution is 0.585. The quantitative estimate of drug-likeness (QED) is 0.622. The van der Waals surface area contributed by atoms with E-state index in [0.717, 1.165) is 23.3 Å². The van der Waals surface area contributed by atoms with Gasteiger partial charge in [0.15, 0.2) is 0 Å². The lowest BCUT2D eigenvalue weighted by atomic mass is 10.0. The smallest absolute Gasteiger partial charge is 0.264 e. The number of anilines is 2. The minimum absolute atomic E-state index is 0.0209. The van der Waals surface area contributed by atoms with Gasteiger partial charge < -0.3 is 0 Å². The molecule has 0 spiro atoms. The summed E-state index contributed by atoms with van der Waals surface area (Å²) in [5, 5.41) is 0. The molecule has 0 aliphatic carbocycles. The van der Waals surface area contributed by atoms with Crippen LogP contribution in [-0.2, 0) is 26.5 Å². The molecule has 0 radical (unpaired) electrons. The van der Waals surface area contributed by atoms with E-state index in [0.29, 0.717) is 18.5 Å². The highest BCUT2D eigenvalue weighted by Crippen LogP contribution is 2.34. The number of halogens is 1. The van der Waals surface area contributed by atoms with Crippen LogP contribution < -0.4 is 9.03 Å². The van der Waals surface area contributed by atoms with E-state index in [1.807, 2.05) is 6.92 Å². The highest BCUT2D eigenvalue weighted by molar-refractivity contribution is 7.93. The van der Waals surface area contributed by atoms with E-state index in [1.54, 1.807) is 24.3 Å². The number of nitrogens with zero attached hydrogens (tertiary/aromatic N) is 1. The molecule has 0 aromatic heterocycles. The van der Waals surface area contributed by atoms with Crippen molar-refractivity contribution in [3.8, 4) is 0 Å². The van der Waals surface area contributed by atoms with Gasteiger partial charge in [-0.05, 0) is 73.9 Å². The van der Waals surface area contributed by atoms with Gasteiger partial charge in [0, 0.05) is 6.54 Å². The number of sulfonamides is 2. The second-order valence-corrected chi connectivity index (χ2v) is 10.9. The molecule has 6 nitrogen and oxygen atoms in total. The molecule has 1 heterocycles. The van der Waals surface area contributed by atoms with Gasteiger partial charge in [-0.1, -0.05) is 23.8 Å². The van der Waals surface area contributed by atoms with Gasteiger partial charge in [-0.25, -0.2) is 21.2 Å². The maximum atomic E-state index is 13.3. The van der Waals surface area contributed by atoms with Gasteiger partial charge in [0.25, 0.3) is 20.0 Å².